The quantitative estimate of drug-likeness (QED) is 0.829. The number of pyridine rings is 1. The highest BCUT2D eigenvalue weighted by atomic mass is 35.5. The van der Waals surface area contributed by atoms with E-state index in [4.69, 9.17) is 11.6 Å². The molecule has 1 N–H and O–H groups in total. The first-order valence-corrected chi connectivity index (χ1v) is 7.61. The van der Waals surface area contributed by atoms with E-state index in [0.29, 0.717) is 6.04 Å². The minimum Gasteiger partial charge on any atom is -0.354 e. The maximum atomic E-state index is 6.21. The molecular weight excluding hydrogens is 258 g/mol. The summed E-state index contributed by atoms with van der Waals surface area (Å²) in [5.74, 6) is 1.91. The predicted molar refractivity (Wildman–Crippen MR) is 81.8 cm³/mol. The number of hydrogen-bond acceptors (Lipinski definition) is 3. The van der Waals surface area contributed by atoms with E-state index in [1.165, 1.54) is 12.8 Å². The molecule has 0 amide bonds. The van der Waals surface area contributed by atoms with Crippen molar-refractivity contribution < 1.29 is 0 Å². The van der Waals surface area contributed by atoms with Crippen molar-refractivity contribution in [2.24, 2.45) is 5.92 Å². The van der Waals surface area contributed by atoms with Gasteiger partial charge in [0, 0.05) is 25.3 Å². The van der Waals surface area contributed by atoms with Gasteiger partial charge in [-0.05, 0) is 50.8 Å². The van der Waals surface area contributed by atoms with Crippen LogP contribution in [-0.2, 0) is 6.54 Å². The fraction of sp³-hybridized carbons (Fsp3) is 0.667. The molecule has 2 rings (SSSR count). The third-order valence-corrected chi connectivity index (χ3v) is 3.90. The van der Waals surface area contributed by atoms with Crippen LogP contribution in [0.5, 0.6) is 0 Å². The fourth-order valence-electron chi connectivity index (χ4n) is 2.17. The zero-order valence-electron chi connectivity index (χ0n) is 12.1. The molecule has 3 nitrogen and oxygen atoms in total. The van der Waals surface area contributed by atoms with Crippen LogP contribution < -0.4 is 10.2 Å². The van der Waals surface area contributed by atoms with Gasteiger partial charge in [0.15, 0.2) is 0 Å². The molecule has 0 radical (unpaired) electrons. The second-order valence-corrected chi connectivity index (χ2v) is 6.01. The second kappa shape index (κ2) is 6.58. The Morgan fingerprint density at radius 1 is 1.47 bits per heavy atom. The summed E-state index contributed by atoms with van der Waals surface area (Å²) < 4.78 is 0. The smallest absolute Gasteiger partial charge is 0.129 e. The predicted octanol–water partition coefficient (Wildman–Crippen LogP) is 3.47. The number of nitrogens with zero attached hydrogens (tertiary/aromatic N) is 2. The number of anilines is 1. The summed E-state index contributed by atoms with van der Waals surface area (Å²) in [5.41, 5.74) is 1.13. The lowest BCUT2D eigenvalue weighted by atomic mass is 10.2. The summed E-state index contributed by atoms with van der Waals surface area (Å²) in [5, 5.41) is 4.07. The number of nitrogens with one attached hydrogen (secondary N) is 1. The van der Waals surface area contributed by atoms with Gasteiger partial charge < -0.3 is 10.2 Å². The molecular formula is C15H24ClN3. The minimum absolute atomic E-state index is 0.473. The molecule has 0 saturated heterocycles. The van der Waals surface area contributed by atoms with E-state index in [2.05, 4.69) is 42.0 Å². The molecule has 1 heterocycles. The van der Waals surface area contributed by atoms with Gasteiger partial charge in [-0.3, -0.25) is 0 Å². The molecule has 1 aromatic rings. The molecule has 0 bridgehead atoms. The van der Waals surface area contributed by atoms with Crippen molar-refractivity contribution in [2.75, 3.05) is 18.0 Å². The van der Waals surface area contributed by atoms with Crippen LogP contribution in [0.3, 0.4) is 0 Å². The van der Waals surface area contributed by atoms with Gasteiger partial charge in [-0.25, -0.2) is 4.98 Å². The van der Waals surface area contributed by atoms with Crippen molar-refractivity contribution in [3.8, 4) is 0 Å². The second-order valence-electron chi connectivity index (χ2n) is 5.60. The Balaban J connectivity index is 2.15. The minimum atomic E-state index is 0.473. The van der Waals surface area contributed by atoms with E-state index in [1.807, 2.05) is 0 Å². The van der Waals surface area contributed by atoms with E-state index in [1.54, 1.807) is 6.20 Å². The lowest BCUT2D eigenvalue weighted by Crippen LogP contribution is -2.33. The number of halogens is 1. The van der Waals surface area contributed by atoms with Gasteiger partial charge in [0.1, 0.15) is 5.82 Å². The average molecular weight is 282 g/mol. The average Bonchev–Trinajstić information content (AvgIpc) is 3.19. The zero-order valence-corrected chi connectivity index (χ0v) is 12.9. The van der Waals surface area contributed by atoms with Gasteiger partial charge in [-0.1, -0.05) is 18.5 Å². The van der Waals surface area contributed by atoms with Crippen LogP contribution in [0.25, 0.3) is 0 Å². The van der Waals surface area contributed by atoms with Gasteiger partial charge in [0.2, 0.25) is 0 Å². The van der Waals surface area contributed by atoms with Crippen molar-refractivity contribution in [3.63, 3.8) is 0 Å². The molecule has 0 aromatic carbocycles. The van der Waals surface area contributed by atoms with Crippen LogP contribution in [0.2, 0.25) is 5.02 Å². The Bertz CT molecular complexity index is 416. The maximum Gasteiger partial charge on any atom is 0.129 e. The highest BCUT2D eigenvalue weighted by molar-refractivity contribution is 6.31. The normalized spacial score (nSPS) is 15.0. The summed E-state index contributed by atoms with van der Waals surface area (Å²) in [4.78, 5) is 6.91. The maximum absolute atomic E-state index is 6.21. The summed E-state index contributed by atoms with van der Waals surface area (Å²) in [6.45, 7) is 9.42. The Morgan fingerprint density at radius 2 is 2.21 bits per heavy atom. The number of rotatable bonds is 7. The zero-order chi connectivity index (χ0) is 13.8. The number of aromatic nitrogens is 1. The van der Waals surface area contributed by atoms with Gasteiger partial charge in [0.25, 0.3) is 0 Å². The van der Waals surface area contributed by atoms with E-state index in [0.717, 1.165) is 42.0 Å². The molecule has 0 aliphatic heterocycles. The monoisotopic (exact) mass is 281 g/mol. The van der Waals surface area contributed by atoms with Crippen LogP contribution in [0, 0.1) is 5.92 Å². The molecule has 1 saturated carbocycles. The summed E-state index contributed by atoms with van der Waals surface area (Å²) in [6, 6.07) is 2.61. The lowest BCUT2D eigenvalue weighted by molar-refractivity contribution is 0.635. The Hall–Kier alpha value is -0.800. The van der Waals surface area contributed by atoms with Crippen molar-refractivity contribution in [1.29, 1.82) is 0 Å². The topological polar surface area (TPSA) is 28.2 Å². The molecule has 19 heavy (non-hydrogen) atoms. The van der Waals surface area contributed by atoms with Crippen molar-refractivity contribution in [1.82, 2.24) is 10.3 Å². The molecule has 0 unspecified atom stereocenters. The van der Waals surface area contributed by atoms with Crippen LogP contribution in [0.15, 0.2) is 12.3 Å². The van der Waals surface area contributed by atoms with Gasteiger partial charge in [-0.2, -0.15) is 0 Å². The summed E-state index contributed by atoms with van der Waals surface area (Å²) >= 11 is 6.21. The van der Waals surface area contributed by atoms with Crippen LogP contribution in [0.4, 0.5) is 5.82 Å². The van der Waals surface area contributed by atoms with E-state index in [-0.39, 0.29) is 0 Å². The first-order chi connectivity index (χ1) is 9.11. The highest BCUT2D eigenvalue weighted by Gasteiger charge is 2.26. The molecule has 1 aromatic heterocycles. The van der Waals surface area contributed by atoms with Crippen molar-refractivity contribution in [3.05, 3.63) is 22.8 Å². The molecule has 1 aliphatic rings. The van der Waals surface area contributed by atoms with Crippen LogP contribution in [-0.4, -0.2) is 24.1 Å². The summed E-state index contributed by atoms with van der Waals surface area (Å²) in [7, 11) is 0. The fourth-order valence-corrected chi connectivity index (χ4v) is 2.34. The molecule has 0 spiro atoms. The van der Waals surface area contributed by atoms with Crippen LogP contribution in [0.1, 0.15) is 39.2 Å². The Morgan fingerprint density at radius 3 is 2.79 bits per heavy atom. The molecule has 1 aliphatic carbocycles. The van der Waals surface area contributed by atoms with Crippen molar-refractivity contribution in [2.45, 2.75) is 46.2 Å². The third kappa shape index (κ3) is 4.08. The molecule has 1 fully saturated rings. The van der Waals surface area contributed by atoms with Gasteiger partial charge in [-0.15, -0.1) is 0 Å². The SMILES string of the molecule is CCNCc1cc(N(CC2CC2)C(C)C)ncc1Cl. The lowest BCUT2D eigenvalue weighted by Gasteiger charge is -2.28. The Labute approximate surface area is 121 Å². The first kappa shape index (κ1) is 14.6. The van der Waals surface area contributed by atoms with Gasteiger partial charge >= 0.3 is 0 Å². The van der Waals surface area contributed by atoms with Gasteiger partial charge in [0.05, 0.1) is 5.02 Å². The Kier molecular flexibility index (Phi) is 5.06. The third-order valence-electron chi connectivity index (χ3n) is 3.56. The van der Waals surface area contributed by atoms with E-state index in [9.17, 15) is 0 Å². The highest BCUT2D eigenvalue weighted by Crippen LogP contribution is 2.32. The largest absolute Gasteiger partial charge is 0.354 e. The molecule has 4 heteroatoms. The van der Waals surface area contributed by atoms with Crippen LogP contribution >= 0.6 is 11.6 Å². The molecule has 0 atom stereocenters. The van der Waals surface area contributed by atoms with E-state index < -0.39 is 0 Å². The number of hydrogen-bond donors (Lipinski definition) is 1. The molecule has 106 valence electrons. The van der Waals surface area contributed by atoms with E-state index >= 15 is 0 Å². The summed E-state index contributed by atoms with van der Waals surface area (Å²) in [6.07, 6.45) is 4.51. The van der Waals surface area contributed by atoms with Crippen molar-refractivity contribution >= 4 is 17.4 Å². The first-order valence-electron chi connectivity index (χ1n) is 7.23. The standard InChI is InChI=1S/C15H24ClN3/c1-4-17-8-13-7-15(18-9-14(13)16)19(11(2)3)10-12-5-6-12/h7,9,11-12,17H,4-6,8,10H2,1-3H3.